The molecule has 3 rings (SSSR count). The average molecular weight is 353 g/mol. The summed E-state index contributed by atoms with van der Waals surface area (Å²) < 4.78 is 31.5. The first-order chi connectivity index (χ1) is 12.0. The summed E-state index contributed by atoms with van der Waals surface area (Å²) in [5.41, 5.74) is 0.359. The maximum Gasteiger partial charge on any atom is 0.219 e. The van der Waals surface area contributed by atoms with Crippen molar-refractivity contribution in [3.63, 3.8) is 0 Å². The minimum Gasteiger partial charge on any atom is -0.438 e. The molecule has 0 fully saturated rings. The monoisotopic (exact) mass is 353 g/mol. The number of nitrogens with zero attached hydrogens (tertiary/aromatic N) is 1. The normalized spacial score (nSPS) is 11.1. The molecule has 1 aromatic heterocycles. The molecule has 0 aliphatic rings. The maximum atomic E-state index is 12.9. The van der Waals surface area contributed by atoms with E-state index >= 15 is 0 Å². The predicted molar refractivity (Wildman–Crippen MR) is 92.7 cm³/mol. The standard InChI is InChI=1S/C19H15NO4S/c1-14(21)15-10-11-18(25(22,23)16-7-3-2-4-8-16)17(13-15)24-19-9-5-6-12-20-19/h2-13H,1H3. The number of carbonyl (C=O) groups excluding carboxylic acids is 1. The second-order valence-corrected chi connectivity index (χ2v) is 7.22. The number of benzene rings is 2. The van der Waals surface area contributed by atoms with E-state index in [2.05, 4.69) is 4.98 Å². The first kappa shape index (κ1) is 16.9. The summed E-state index contributed by atoms with van der Waals surface area (Å²) in [5, 5.41) is 0. The van der Waals surface area contributed by atoms with Crippen molar-refractivity contribution in [1.82, 2.24) is 4.98 Å². The molecule has 2 aromatic carbocycles. The molecule has 3 aromatic rings. The molecular weight excluding hydrogens is 338 g/mol. The molecule has 0 spiro atoms. The summed E-state index contributed by atoms with van der Waals surface area (Å²) in [7, 11) is -3.80. The van der Waals surface area contributed by atoms with Crippen molar-refractivity contribution in [1.29, 1.82) is 0 Å². The van der Waals surface area contributed by atoms with Gasteiger partial charge in [-0.15, -0.1) is 0 Å². The van der Waals surface area contributed by atoms with E-state index in [1.54, 1.807) is 36.4 Å². The van der Waals surface area contributed by atoms with Gasteiger partial charge in [0.05, 0.1) is 4.90 Å². The molecule has 6 heteroatoms. The van der Waals surface area contributed by atoms with Gasteiger partial charge in [0.25, 0.3) is 0 Å². The number of hydrogen-bond donors (Lipinski definition) is 0. The molecule has 0 unspecified atom stereocenters. The van der Waals surface area contributed by atoms with Gasteiger partial charge in [-0.1, -0.05) is 24.3 Å². The Bertz CT molecular complexity index is 1000. The third-order valence-corrected chi connectivity index (χ3v) is 5.35. The minimum atomic E-state index is -3.80. The summed E-state index contributed by atoms with van der Waals surface area (Å²) in [6.45, 7) is 1.41. The number of rotatable bonds is 5. The van der Waals surface area contributed by atoms with Crippen LogP contribution in [0.15, 0.2) is 82.7 Å². The molecule has 25 heavy (non-hydrogen) atoms. The second-order valence-electron chi connectivity index (χ2n) is 5.30. The molecule has 0 bridgehead atoms. The zero-order valence-electron chi connectivity index (χ0n) is 13.4. The van der Waals surface area contributed by atoms with Gasteiger partial charge in [-0.2, -0.15) is 0 Å². The lowest BCUT2D eigenvalue weighted by atomic mass is 10.1. The van der Waals surface area contributed by atoms with Crippen molar-refractivity contribution in [3.05, 3.63) is 78.5 Å². The molecule has 5 nitrogen and oxygen atoms in total. The van der Waals surface area contributed by atoms with Crippen LogP contribution < -0.4 is 4.74 Å². The molecule has 0 saturated heterocycles. The van der Waals surface area contributed by atoms with Gasteiger partial charge in [0.15, 0.2) is 5.78 Å². The Morgan fingerprint density at radius 3 is 2.32 bits per heavy atom. The van der Waals surface area contributed by atoms with E-state index in [-0.39, 0.29) is 27.2 Å². The van der Waals surface area contributed by atoms with Gasteiger partial charge in [-0.3, -0.25) is 4.79 Å². The SMILES string of the molecule is CC(=O)c1ccc(S(=O)(=O)c2ccccc2)c(Oc2ccccn2)c1. The van der Waals surface area contributed by atoms with Crippen molar-refractivity contribution >= 4 is 15.6 Å². The summed E-state index contributed by atoms with van der Waals surface area (Å²) in [5.74, 6) is 0.123. The van der Waals surface area contributed by atoms with E-state index in [1.165, 1.54) is 43.5 Å². The third kappa shape index (κ3) is 3.59. The van der Waals surface area contributed by atoms with Gasteiger partial charge in [-0.25, -0.2) is 13.4 Å². The number of ketones is 1. The third-order valence-electron chi connectivity index (χ3n) is 3.55. The zero-order chi connectivity index (χ0) is 17.9. The fraction of sp³-hybridized carbons (Fsp3) is 0.0526. The van der Waals surface area contributed by atoms with Crippen LogP contribution in [-0.2, 0) is 9.84 Å². The van der Waals surface area contributed by atoms with Crippen LogP contribution in [0.5, 0.6) is 11.6 Å². The Balaban J connectivity index is 2.14. The van der Waals surface area contributed by atoms with Gasteiger partial charge < -0.3 is 4.74 Å². The van der Waals surface area contributed by atoms with Crippen LogP contribution in [0.1, 0.15) is 17.3 Å². The Kier molecular flexibility index (Phi) is 4.63. The number of aromatic nitrogens is 1. The number of sulfone groups is 1. The number of hydrogen-bond acceptors (Lipinski definition) is 5. The largest absolute Gasteiger partial charge is 0.438 e. The predicted octanol–water partition coefficient (Wildman–Crippen LogP) is 3.91. The summed E-state index contributed by atoms with van der Waals surface area (Å²) >= 11 is 0. The fourth-order valence-electron chi connectivity index (χ4n) is 2.28. The highest BCUT2D eigenvalue weighted by atomic mass is 32.2. The summed E-state index contributed by atoms with van der Waals surface area (Å²) in [4.78, 5) is 15.8. The maximum absolute atomic E-state index is 12.9. The highest BCUT2D eigenvalue weighted by Gasteiger charge is 2.23. The molecule has 0 amide bonds. The molecule has 0 aliphatic heterocycles. The number of carbonyl (C=O) groups is 1. The summed E-state index contributed by atoms with van der Waals surface area (Å²) in [6, 6.07) is 17.4. The van der Waals surface area contributed by atoms with Gasteiger partial charge in [0, 0.05) is 17.8 Å². The second kappa shape index (κ2) is 6.86. The van der Waals surface area contributed by atoms with Crippen LogP contribution >= 0.6 is 0 Å². The smallest absolute Gasteiger partial charge is 0.219 e. The van der Waals surface area contributed by atoms with E-state index in [1.807, 2.05) is 0 Å². The van der Waals surface area contributed by atoms with Crippen LogP contribution in [0.4, 0.5) is 0 Å². The molecule has 0 atom stereocenters. The minimum absolute atomic E-state index is 0.0191. The van der Waals surface area contributed by atoms with Crippen LogP contribution in [0.2, 0.25) is 0 Å². The topological polar surface area (TPSA) is 73.3 Å². The lowest BCUT2D eigenvalue weighted by molar-refractivity contribution is 0.101. The summed E-state index contributed by atoms with van der Waals surface area (Å²) in [6.07, 6.45) is 1.54. The quantitative estimate of drug-likeness (QED) is 0.650. The average Bonchev–Trinajstić information content (AvgIpc) is 2.63. The van der Waals surface area contributed by atoms with E-state index < -0.39 is 9.84 Å². The number of ether oxygens (including phenoxy) is 1. The van der Waals surface area contributed by atoms with E-state index in [0.717, 1.165) is 0 Å². The first-order valence-corrected chi connectivity index (χ1v) is 9.01. The van der Waals surface area contributed by atoms with E-state index in [4.69, 9.17) is 4.74 Å². The van der Waals surface area contributed by atoms with Crippen LogP contribution in [0.25, 0.3) is 0 Å². The van der Waals surface area contributed by atoms with Gasteiger partial charge in [0.1, 0.15) is 10.6 Å². The lowest BCUT2D eigenvalue weighted by Gasteiger charge is -2.12. The van der Waals surface area contributed by atoms with Crippen LogP contribution in [0, 0.1) is 0 Å². The van der Waals surface area contributed by atoms with Gasteiger partial charge in [-0.05, 0) is 43.3 Å². The van der Waals surface area contributed by atoms with E-state index in [9.17, 15) is 13.2 Å². The molecule has 126 valence electrons. The highest BCUT2D eigenvalue weighted by Crippen LogP contribution is 2.33. The molecule has 0 radical (unpaired) electrons. The fourth-order valence-corrected chi connectivity index (χ4v) is 3.66. The first-order valence-electron chi connectivity index (χ1n) is 7.52. The Morgan fingerprint density at radius 2 is 1.68 bits per heavy atom. The molecule has 0 aliphatic carbocycles. The molecular formula is C19H15NO4S. The van der Waals surface area contributed by atoms with Crippen molar-refractivity contribution in [3.8, 4) is 11.6 Å². The van der Waals surface area contributed by atoms with Crippen molar-refractivity contribution in [2.45, 2.75) is 16.7 Å². The van der Waals surface area contributed by atoms with E-state index in [0.29, 0.717) is 5.56 Å². The highest BCUT2D eigenvalue weighted by molar-refractivity contribution is 7.91. The Hall–Kier alpha value is -2.99. The molecule has 0 saturated carbocycles. The van der Waals surface area contributed by atoms with Crippen LogP contribution in [-0.4, -0.2) is 19.2 Å². The van der Waals surface area contributed by atoms with Gasteiger partial charge in [0.2, 0.25) is 15.7 Å². The Morgan fingerprint density at radius 1 is 0.960 bits per heavy atom. The van der Waals surface area contributed by atoms with Crippen molar-refractivity contribution < 1.29 is 17.9 Å². The number of pyridine rings is 1. The number of Topliss-reactive ketones (excluding diaryl/α,β-unsaturated/α-hetero) is 1. The van der Waals surface area contributed by atoms with Crippen molar-refractivity contribution in [2.75, 3.05) is 0 Å². The molecule has 1 heterocycles. The van der Waals surface area contributed by atoms with Crippen LogP contribution in [0.3, 0.4) is 0 Å². The van der Waals surface area contributed by atoms with Crippen molar-refractivity contribution in [2.24, 2.45) is 0 Å². The van der Waals surface area contributed by atoms with Gasteiger partial charge >= 0.3 is 0 Å². The zero-order valence-corrected chi connectivity index (χ0v) is 14.2. The Labute approximate surface area is 145 Å². The molecule has 0 N–H and O–H groups in total. The lowest BCUT2D eigenvalue weighted by Crippen LogP contribution is -2.06.